The second-order valence-electron chi connectivity index (χ2n) is 6.03. The molecule has 0 aromatic heterocycles. The fourth-order valence-electron chi connectivity index (χ4n) is 3.99. The van der Waals surface area contributed by atoms with E-state index >= 15 is 0 Å². The molecule has 0 aromatic rings. The summed E-state index contributed by atoms with van der Waals surface area (Å²) in [6.07, 6.45) is 8.63. The Bertz CT molecular complexity index is 257. The average molecular weight is 238 g/mol. The number of rotatable bonds is 1. The summed E-state index contributed by atoms with van der Waals surface area (Å²) in [7, 11) is 0. The highest BCUT2D eigenvalue weighted by molar-refractivity contribution is 4.93. The Labute approximate surface area is 105 Å². The fourth-order valence-corrected chi connectivity index (χ4v) is 3.99. The van der Waals surface area contributed by atoms with Crippen LogP contribution in [-0.4, -0.2) is 48.8 Å². The summed E-state index contributed by atoms with van der Waals surface area (Å²) in [6, 6.07) is 2.23. The van der Waals surface area contributed by atoms with E-state index in [1.54, 1.807) is 0 Å². The molecule has 1 saturated carbocycles. The lowest BCUT2D eigenvalue weighted by Gasteiger charge is -2.49. The van der Waals surface area contributed by atoms with Crippen molar-refractivity contribution in [3.8, 4) is 0 Å². The Hall–Kier alpha value is -0.120. The van der Waals surface area contributed by atoms with E-state index in [4.69, 9.17) is 4.74 Å². The number of morpholine rings is 1. The molecule has 0 amide bonds. The van der Waals surface area contributed by atoms with Crippen molar-refractivity contribution in [2.45, 2.75) is 69.7 Å². The Morgan fingerprint density at radius 3 is 2.94 bits per heavy atom. The van der Waals surface area contributed by atoms with Crippen molar-refractivity contribution in [1.29, 1.82) is 0 Å². The minimum atomic E-state index is 0.544. The van der Waals surface area contributed by atoms with Gasteiger partial charge in [-0.2, -0.15) is 0 Å². The largest absolute Gasteiger partial charge is 0.375 e. The Morgan fingerprint density at radius 1 is 1.18 bits per heavy atom. The van der Waals surface area contributed by atoms with Gasteiger partial charge in [-0.15, -0.1) is 0 Å². The minimum absolute atomic E-state index is 0.544. The summed E-state index contributed by atoms with van der Waals surface area (Å²) >= 11 is 0. The molecule has 98 valence electrons. The number of nitrogens with one attached hydrogen (secondary N) is 1. The molecule has 1 N–H and O–H groups in total. The van der Waals surface area contributed by atoms with Crippen LogP contribution in [0.15, 0.2) is 0 Å². The molecule has 3 fully saturated rings. The van der Waals surface area contributed by atoms with E-state index < -0.39 is 0 Å². The third kappa shape index (κ3) is 2.51. The van der Waals surface area contributed by atoms with Crippen LogP contribution in [0.5, 0.6) is 0 Å². The summed E-state index contributed by atoms with van der Waals surface area (Å²) < 4.78 is 5.97. The van der Waals surface area contributed by atoms with Gasteiger partial charge in [-0.25, -0.2) is 0 Å². The van der Waals surface area contributed by atoms with Crippen molar-refractivity contribution in [2.24, 2.45) is 0 Å². The number of nitrogens with zero attached hydrogens (tertiary/aromatic N) is 1. The van der Waals surface area contributed by atoms with E-state index in [-0.39, 0.29) is 0 Å². The number of piperidine rings is 1. The molecule has 2 aliphatic heterocycles. The maximum absolute atomic E-state index is 5.97. The van der Waals surface area contributed by atoms with Crippen LogP contribution in [0.3, 0.4) is 0 Å². The number of ether oxygens (including phenoxy) is 1. The van der Waals surface area contributed by atoms with Crippen LogP contribution in [-0.2, 0) is 4.74 Å². The highest BCUT2D eigenvalue weighted by Crippen LogP contribution is 2.31. The molecule has 1 aliphatic carbocycles. The van der Waals surface area contributed by atoms with Crippen LogP contribution in [0, 0.1) is 0 Å². The lowest BCUT2D eigenvalue weighted by atomic mass is 9.87. The van der Waals surface area contributed by atoms with Crippen molar-refractivity contribution < 1.29 is 4.74 Å². The number of fused-ring (bicyclic) bond motifs is 1. The van der Waals surface area contributed by atoms with Crippen LogP contribution in [0.4, 0.5) is 0 Å². The maximum atomic E-state index is 5.97. The quantitative estimate of drug-likeness (QED) is 0.753. The average Bonchev–Trinajstić information content (AvgIpc) is 2.38. The van der Waals surface area contributed by atoms with E-state index in [9.17, 15) is 0 Å². The smallest absolute Gasteiger partial charge is 0.0731 e. The van der Waals surface area contributed by atoms with Gasteiger partial charge in [-0.3, -0.25) is 4.90 Å². The van der Waals surface area contributed by atoms with Gasteiger partial charge in [0, 0.05) is 24.7 Å². The van der Waals surface area contributed by atoms with Crippen molar-refractivity contribution in [3.05, 3.63) is 0 Å². The monoisotopic (exact) mass is 238 g/mol. The molecule has 3 heteroatoms. The van der Waals surface area contributed by atoms with E-state index in [0.29, 0.717) is 12.1 Å². The van der Waals surface area contributed by atoms with E-state index in [1.165, 1.54) is 51.6 Å². The zero-order valence-corrected chi connectivity index (χ0v) is 11.0. The van der Waals surface area contributed by atoms with Crippen LogP contribution in [0.25, 0.3) is 0 Å². The van der Waals surface area contributed by atoms with Gasteiger partial charge in [0.15, 0.2) is 0 Å². The molecule has 0 bridgehead atoms. The Balaban J connectivity index is 1.67. The van der Waals surface area contributed by atoms with Crippen LogP contribution < -0.4 is 5.32 Å². The molecule has 0 aromatic carbocycles. The molecule has 3 nitrogen and oxygen atoms in total. The van der Waals surface area contributed by atoms with E-state index in [1.807, 2.05) is 0 Å². The summed E-state index contributed by atoms with van der Waals surface area (Å²) in [6.45, 7) is 5.64. The molecule has 2 heterocycles. The molecular formula is C14H26N2O. The molecule has 0 spiro atoms. The Kier molecular flexibility index (Phi) is 3.69. The molecule has 4 unspecified atom stereocenters. The molecule has 17 heavy (non-hydrogen) atoms. The second kappa shape index (κ2) is 5.25. The molecule has 3 aliphatic rings. The zero-order valence-electron chi connectivity index (χ0n) is 11.0. The highest BCUT2D eigenvalue weighted by Gasteiger charge is 2.38. The van der Waals surface area contributed by atoms with Gasteiger partial charge in [0.05, 0.1) is 12.7 Å². The molecule has 0 radical (unpaired) electrons. The first-order chi connectivity index (χ1) is 8.34. The van der Waals surface area contributed by atoms with Crippen molar-refractivity contribution in [2.75, 3.05) is 19.7 Å². The van der Waals surface area contributed by atoms with Crippen molar-refractivity contribution in [3.63, 3.8) is 0 Å². The number of hydrogen-bond acceptors (Lipinski definition) is 3. The van der Waals surface area contributed by atoms with Gasteiger partial charge in [-0.1, -0.05) is 12.8 Å². The van der Waals surface area contributed by atoms with Crippen molar-refractivity contribution in [1.82, 2.24) is 10.2 Å². The predicted molar refractivity (Wildman–Crippen MR) is 69.2 cm³/mol. The zero-order chi connectivity index (χ0) is 11.7. The van der Waals surface area contributed by atoms with E-state index in [2.05, 4.69) is 17.1 Å². The first-order valence-corrected chi connectivity index (χ1v) is 7.45. The molecule has 4 atom stereocenters. The third-order valence-corrected chi connectivity index (χ3v) is 4.84. The lowest BCUT2D eigenvalue weighted by Crippen LogP contribution is -2.58. The molecule has 2 saturated heterocycles. The standard InChI is InChI=1S/C14H26N2O/c1-11-10-12(6-7-15-11)16-8-9-17-14-5-3-2-4-13(14)16/h11-15H,2-10H2,1H3. The Morgan fingerprint density at radius 2 is 2.06 bits per heavy atom. The lowest BCUT2D eigenvalue weighted by molar-refractivity contribution is -0.107. The van der Waals surface area contributed by atoms with Crippen LogP contribution >= 0.6 is 0 Å². The first kappa shape index (κ1) is 11.9. The van der Waals surface area contributed by atoms with Gasteiger partial charge in [0.25, 0.3) is 0 Å². The second-order valence-corrected chi connectivity index (χ2v) is 6.03. The fraction of sp³-hybridized carbons (Fsp3) is 1.00. The topological polar surface area (TPSA) is 24.5 Å². The summed E-state index contributed by atoms with van der Waals surface area (Å²) in [5.74, 6) is 0. The minimum Gasteiger partial charge on any atom is -0.375 e. The van der Waals surface area contributed by atoms with Gasteiger partial charge in [0.1, 0.15) is 0 Å². The first-order valence-electron chi connectivity index (χ1n) is 7.45. The van der Waals surface area contributed by atoms with Crippen LogP contribution in [0.2, 0.25) is 0 Å². The maximum Gasteiger partial charge on any atom is 0.0731 e. The van der Waals surface area contributed by atoms with Gasteiger partial charge in [0.2, 0.25) is 0 Å². The highest BCUT2D eigenvalue weighted by atomic mass is 16.5. The number of hydrogen-bond donors (Lipinski definition) is 1. The van der Waals surface area contributed by atoms with Gasteiger partial charge < -0.3 is 10.1 Å². The van der Waals surface area contributed by atoms with Crippen molar-refractivity contribution >= 4 is 0 Å². The predicted octanol–water partition coefficient (Wildman–Crippen LogP) is 1.77. The normalized spacial score (nSPS) is 44.3. The molecular weight excluding hydrogens is 212 g/mol. The molecule has 3 rings (SSSR count). The third-order valence-electron chi connectivity index (χ3n) is 4.84. The van der Waals surface area contributed by atoms with E-state index in [0.717, 1.165) is 18.7 Å². The van der Waals surface area contributed by atoms with Gasteiger partial charge in [-0.05, 0) is 39.2 Å². The van der Waals surface area contributed by atoms with Gasteiger partial charge >= 0.3 is 0 Å². The summed E-state index contributed by atoms with van der Waals surface area (Å²) in [4.78, 5) is 2.80. The summed E-state index contributed by atoms with van der Waals surface area (Å²) in [5.41, 5.74) is 0. The van der Waals surface area contributed by atoms with Crippen LogP contribution in [0.1, 0.15) is 45.4 Å². The SMILES string of the molecule is CC1CC(N2CCOC3CCCCC32)CCN1. The summed E-state index contributed by atoms with van der Waals surface area (Å²) in [5, 5.41) is 3.57.